The van der Waals surface area contributed by atoms with Crippen molar-refractivity contribution in [1.29, 1.82) is 5.26 Å². The fourth-order valence-corrected chi connectivity index (χ4v) is 4.64. The van der Waals surface area contributed by atoms with E-state index in [0.29, 0.717) is 30.4 Å². The first kappa shape index (κ1) is 21.7. The molecule has 164 valence electrons. The van der Waals surface area contributed by atoms with Gasteiger partial charge in [0.15, 0.2) is 18.3 Å². The van der Waals surface area contributed by atoms with E-state index in [2.05, 4.69) is 11.1 Å². The molecule has 10 heteroatoms. The van der Waals surface area contributed by atoms with Gasteiger partial charge in [-0.3, -0.25) is 4.57 Å². The molecule has 3 aliphatic rings. The van der Waals surface area contributed by atoms with Crippen molar-refractivity contribution in [3.63, 3.8) is 0 Å². The molecule has 0 N–H and O–H groups in total. The van der Waals surface area contributed by atoms with Gasteiger partial charge in [-0.1, -0.05) is 0 Å². The van der Waals surface area contributed by atoms with E-state index >= 15 is 0 Å². The highest BCUT2D eigenvalue weighted by atomic mass is 32.2. The summed E-state index contributed by atoms with van der Waals surface area (Å²) in [5.74, 6) is -0.188. The second-order valence-electron chi connectivity index (χ2n) is 7.97. The maximum atomic E-state index is 12.7. The highest BCUT2D eigenvalue weighted by Gasteiger charge is 2.56. The number of nitriles is 1. The van der Waals surface area contributed by atoms with Crippen LogP contribution in [0.3, 0.4) is 0 Å². The molecule has 0 radical (unpaired) electrons. The number of thioether (sulfide) groups is 1. The van der Waals surface area contributed by atoms with Gasteiger partial charge in [0.1, 0.15) is 23.3 Å². The Hall–Kier alpha value is -1.48. The number of fused-ring (bicyclic) bond motifs is 1. The van der Waals surface area contributed by atoms with Crippen LogP contribution in [0.2, 0.25) is 0 Å². The minimum Gasteiger partial charge on any atom is -0.353 e. The Bertz CT molecular complexity index is 835. The van der Waals surface area contributed by atoms with Crippen LogP contribution in [0.1, 0.15) is 45.8 Å². The monoisotopic (exact) mass is 437 g/mol. The Kier molecular flexibility index (Phi) is 6.77. The normalized spacial score (nSPS) is 32.6. The van der Waals surface area contributed by atoms with Gasteiger partial charge in [-0.05, 0) is 39.2 Å². The van der Waals surface area contributed by atoms with Gasteiger partial charge in [-0.15, -0.1) is 11.8 Å². The molecule has 3 saturated heterocycles. The van der Waals surface area contributed by atoms with Crippen molar-refractivity contribution in [1.82, 2.24) is 9.55 Å². The number of rotatable bonds is 7. The zero-order valence-corrected chi connectivity index (χ0v) is 18.0. The van der Waals surface area contributed by atoms with E-state index < -0.39 is 23.8 Å². The van der Waals surface area contributed by atoms with Crippen LogP contribution in [-0.2, 0) is 23.7 Å². The largest absolute Gasteiger partial charge is 0.353 e. The number of hydrogen-bond acceptors (Lipinski definition) is 9. The molecule has 4 heterocycles. The molecule has 3 fully saturated rings. The fraction of sp³-hybridized carbons (Fsp3) is 0.750. The lowest BCUT2D eigenvalue weighted by molar-refractivity contribution is -0.219. The average Bonchev–Trinajstić information content (AvgIpc) is 3.21. The van der Waals surface area contributed by atoms with Crippen molar-refractivity contribution < 1.29 is 23.7 Å². The smallest absolute Gasteiger partial charge is 0.350 e. The van der Waals surface area contributed by atoms with Crippen molar-refractivity contribution in [2.75, 3.05) is 19.0 Å². The topological polar surface area (TPSA) is 105 Å². The predicted octanol–water partition coefficient (Wildman–Crippen LogP) is 2.21. The first-order valence-corrected chi connectivity index (χ1v) is 11.3. The highest BCUT2D eigenvalue weighted by Crippen LogP contribution is 2.42. The lowest BCUT2D eigenvalue weighted by atomic mass is 10.1. The summed E-state index contributed by atoms with van der Waals surface area (Å²) in [5.41, 5.74) is -0.425. The summed E-state index contributed by atoms with van der Waals surface area (Å²) in [6, 6.07) is 3.83. The van der Waals surface area contributed by atoms with Gasteiger partial charge in [0, 0.05) is 25.0 Å². The highest BCUT2D eigenvalue weighted by molar-refractivity contribution is 7.99. The lowest BCUT2D eigenvalue weighted by Gasteiger charge is -2.27. The Balaban J connectivity index is 1.47. The molecule has 0 spiro atoms. The SMILES string of the molecule is CC1(C)O[C@@H]2[C@H](O1)[C@@H](COC1CCCCO1)O[C@H]2n1ccc(SCCC#N)nc1=O. The van der Waals surface area contributed by atoms with E-state index in [-0.39, 0.29) is 18.5 Å². The van der Waals surface area contributed by atoms with Crippen LogP contribution in [0.25, 0.3) is 0 Å². The second kappa shape index (κ2) is 9.34. The summed E-state index contributed by atoms with van der Waals surface area (Å²) in [7, 11) is 0. The zero-order valence-electron chi connectivity index (χ0n) is 17.2. The minimum atomic E-state index is -0.777. The van der Waals surface area contributed by atoms with Crippen LogP contribution in [-0.4, -0.2) is 58.9 Å². The van der Waals surface area contributed by atoms with E-state index in [9.17, 15) is 4.79 Å². The van der Waals surface area contributed by atoms with Gasteiger partial charge in [0.2, 0.25) is 0 Å². The zero-order chi connectivity index (χ0) is 21.1. The molecule has 1 aromatic heterocycles. The van der Waals surface area contributed by atoms with Crippen molar-refractivity contribution in [3.8, 4) is 6.07 Å². The quantitative estimate of drug-likeness (QED) is 0.361. The van der Waals surface area contributed by atoms with E-state index in [1.54, 1.807) is 12.3 Å². The minimum absolute atomic E-state index is 0.232. The molecular formula is C20H27N3O6S. The van der Waals surface area contributed by atoms with Crippen molar-refractivity contribution in [2.24, 2.45) is 0 Å². The molecule has 3 aliphatic heterocycles. The molecule has 1 unspecified atom stereocenters. The molecule has 30 heavy (non-hydrogen) atoms. The Morgan fingerprint density at radius 2 is 2.20 bits per heavy atom. The molecule has 5 atom stereocenters. The third-order valence-corrected chi connectivity index (χ3v) is 6.18. The van der Waals surface area contributed by atoms with Crippen molar-refractivity contribution in [2.45, 2.75) is 81.2 Å². The Morgan fingerprint density at radius 1 is 1.37 bits per heavy atom. The number of ether oxygens (including phenoxy) is 5. The third kappa shape index (κ3) is 4.88. The maximum Gasteiger partial charge on any atom is 0.350 e. The molecule has 0 aliphatic carbocycles. The number of aromatic nitrogens is 2. The lowest BCUT2D eigenvalue weighted by Crippen LogP contribution is -2.35. The van der Waals surface area contributed by atoms with Crippen LogP contribution in [0, 0.1) is 11.3 Å². The summed E-state index contributed by atoms with van der Waals surface area (Å²) in [6.07, 6.45) is 2.98. The van der Waals surface area contributed by atoms with Crippen LogP contribution < -0.4 is 5.69 Å². The van der Waals surface area contributed by atoms with Crippen LogP contribution in [0.5, 0.6) is 0 Å². The van der Waals surface area contributed by atoms with Crippen LogP contribution >= 0.6 is 11.8 Å². The first-order valence-electron chi connectivity index (χ1n) is 10.3. The van der Waals surface area contributed by atoms with E-state index in [4.69, 9.17) is 28.9 Å². The second-order valence-corrected chi connectivity index (χ2v) is 9.09. The predicted molar refractivity (Wildman–Crippen MR) is 107 cm³/mol. The van der Waals surface area contributed by atoms with Gasteiger partial charge in [0.05, 0.1) is 12.7 Å². The standard InChI is InChI=1S/C20H27N3O6S/c1-20(2)28-16-13(12-26-15-6-3-4-10-25-15)27-18(17(16)29-20)23-9-7-14(22-19(23)24)30-11-5-8-21/h7,9,13,15-18H,3-6,10-12H2,1-2H3/t13-,15?,16-,17-,18-/m1/s1. The molecule has 0 saturated carbocycles. The van der Waals surface area contributed by atoms with Crippen LogP contribution in [0.15, 0.2) is 22.1 Å². The average molecular weight is 438 g/mol. The van der Waals surface area contributed by atoms with E-state index in [1.165, 1.54) is 16.3 Å². The van der Waals surface area contributed by atoms with E-state index in [0.717, 1.165) is 19.3 Å². The summed E-state index contributed by atoms with van der Waals surface area (Å²) >= 11 is 1.38. The Morgan fingerprint density at radius 3 is 2.93 bits per heavy atom. The van der Waals surface area contributed by atoms with Crippen molar-refractivity contribution in [3.05, 3.63) is 22.7 Å². The number of nitrogens with zero attached hydrogens (tertiary/aromatic N) is 3. The van der Waals surface area contributed by atoms with Crippen molar-refractivity contribution >= 4 is 11.8 Å². The number of hydrogen-bond donors (Lipinski definition) is 0. The molecule has 0 amide bonds. The first-order chi connectivity index (χ1) is 14.5. The Labute approximate surface area is 179 Å². The van der Waals surface area contributed by atoms with Gasteiger partial charge in [-0.2, -0.15) is 10.2 Å². The molecule has 1 aromatic rings. The molecule has 0 aromatic carbocycles. The maximum absolute atomic E-state index is 12.7. The summed E-state index contributed by atoms with van der Waals surface area (Å²) in [4.78, 5) is 16.8. The van der Waals surface area contributed by atoms with Gasteiger partial charge >= 0.3 is 5.69 Å². The summed E-state index contributed by atoms with van der Waals surface area (Å²) < 4.78 is 31.3. The third-order valence-electron chi connectivity index (χ3n) is 5.25. The molecule has 4 rings (SSSR count). The summed E-state index contributed by atoms with van der Waals surface area (Å²) in [6.45, 7) is 4.70. The van der Waals surface area contributed by atoms with Gasteiger partial charge < -0.3 is 23.7 Å². The van der Waals surface area contributed by atoms with Gasteiger partial charge in [-0.25, -0.2) is 4.79 Å². The molecule has 0 bridgehead atoms. The van der Waals surface area contributed by atoms with E-state index in [1.807, 2.05) is 13.8 Å². The van der Waals surface area contributed by atoms with Gasteiger partial charge in [0.25, 0.3) is 0 Å². The summed E-state index contributed by atoms with van der Waals surface area (Å²) in [5, 5.41) is 9.24. The fourth-order valence-electron chi connectivity index (χ4n) is 3.93. The molecule has 9 nitrogen and oxygen atoms in total. The van der Waals surface area contributed by atoms with Crippen LogP contribution in [0.4, 0.5) is 0 Å². The molecular weight excluding hydrogens is 410 g/mol.